The molecular formula is C12H14O2S. The van der Waals surface area contributed by atoms with Crippen LogP contribution in [0.2, 0.25) is 0 Å². The summed E-state index contributed by atoms with van der Waals surface area (Å²) in [4.78, 5) is 10.9. The molecule has 1 aliphatic carbocycles. The third-order valence-electron chi connectivity index (χ3n) is 2.74. The van der Waals surface area contributed by atoms with Crippen molar-refractivity contribution in [3.05, 3.63) is 35.4 Å². The van der Waals surface area contributed by atoms with Gasteiger partial charge in [-0.3, -0.25) is 4.79 Å². The number of hydrogen-bond acceptors (Lipinski definition) is 3. The molecule has 0 N–H and O–H groups in total. The number of benzene rings is 1. The van der Waals surface area contributed by atoms with E-state index in [-0.39, 0.29) is 17.3 Å². The summed E-state index contributed by atoms with van der Waals surface area (Å²) < 4.78 is 5.24. The number of hydrogen-bond donors (Lipinski definition) is 1. The Balaban J connectivity index is 2.22. The number of carbonyl (C=O) groups excluding carboxylic acids is 1. The van der Waals surface area contributed by atoms with Crippen molar-refractivity contribution in [2.75, 3.05) is 0 Å². The predicted octanol–water partition coefficient (Wildman–Crippen LogP) is 2.54. The van der Waals surface area contributed by atoms with Crippen LogP contribution in [0.1, 0.15) is 29.7 Å². The van der Waals surface area contributed by atoms with Crippen LogP contribution in [-0.4, -0.2) is 12.1 Å². The third kappa shape index (κ3) is 2.17. The Hall–Kier alpha value is -0.960. The maximum atomic E-state index is 10.9. The number of rotatable bonds is 1. The van der Waals surface area contributed by atoms with Gasteiger partial charge in [-0.1, -0.05) is 24.3 Å². The minimum absolute atomic E-state index is 0.0128. The lowest BCUT2D eigenvalue weighted by molar-refractivity contribution is -0.146. The number of thiol groups is 1. The molecule has 1 aromatic carbocycles. The lowest BCUT2D eigenvalue weighted by atomic mass is 9.89. The van der Waals surface area contributed by atoms with Gasteiger partial charge in [0.05, 0.1) is 5.25 Å². The van der Waals surface area contributed by atoms with Crippen molar-refractivity contribution in [3.8, 4) is 0 Å². The molecule has 0 aliphatic heterocycles. The minimum atomic E-state index is -0.224. The highest BCUT2D eigenvalue weighted by atomic mass is 32.1. The molecule has 15 heavy (non-hydrogen) atoms. The maximum Gasteiger partial charge on any atom is 0.302 e. The standard InChI is InChI=1S/C12H14O2S/c1-8(13)14-11-7-6-9-4-2-3-5-10(9)12(11)15/h2-5,11-12,15H,6-7H2,1H3/t11-,12-/m0/s1. The fraction of sp³-hybridized carbons (Fsp3) is 0.417. The zero-order valence-electron chi connectivity index (χ0n) is 8.64. The number of carbonyl (C=O) groups is 1. The summed E-state index contributed by atoms with van der Waals surface area (Å²) in [5.41, 5.74) is 2.51. The summed E-state index contributed by atoms with van der Waals surface area (Å²) in [7, 11) is 0. The van der Waals surface area contributed by atoms with Crippen LogP contribution in [0.5, 0.6) is 0 Å². The Morgan fingerprint density at radius 1 is 1.47 bits per heavy atom. The smallest absolute Gasteiger partial charge is 0.302 e. The van der Waals surface area contributed by atoms with Gasteiger partial charge in [-0.15, -0.1) is 0 Å². The van der Waals surface area contributed by atoms with Gasteiger partial charge >= 0.3 is 5.97 Å². The summed E-state index contributed by atoms with van der Waals surface area (Å²) in [5, 5.41) is 0.0128. The normalized spacial score (nSPS) is 24.4. The first-order chi connectivity index (χ1) is 7.18. The highest BCUT2D eigenvalue weighted by Crippen LogP contribution is 2.35. The first-order valence-corrected chi connectivity index (χ1v) is 5.63. The Morgan fingerprint density at radius 3 is 2.93 bits per heavy atom. The largest absolute Gasteiger partial charge is 0.461 e. The van der Waals surface area contributed by atoms with Crippen LogP contribution in [0.15, 0.2) is 24.3 Å². The molecule has 0 saturated carbocycles. The van der Waals surface area contributed by atoms with E-state index >= 15 is 0 Å². The van der Waals surface area contributed by atoms with Crippen LogP contribution in [0, 0.1) is 0 Å². The van der Waals surface area contributed by atoms with Crippen LogP contribution in [-0.2, 0) is 16.0 Å². The van der Waals surface area contributed by atoms with E-state index < -0.39 is 0 Å². The van der Waals surface area contributed by atoms with Gasteiger partial charge in [0, 0.05) is 6.92 Å². The highest BCUT2D eigenvalue weighted by Gasteiger charge is 2.28. The highest BCUT2D eigenvalue weighted by molar-refractivity contribution is 7.80. The van der Waals surface area contributed by atoms with E-state index in [1.165, 1.54) is 18.1 Å². The zero-order chi connectivity index (χ0) is 10.8. The molecule has 0 unspecified atom stereocenters. The van der Waals surface area contributed by atoms with E-state index in [0.29, 0.717) is 0 Å². The summed E-state index contributed by atoms with van der Waals surface area (Å²) >= 11 is 4.53. The van der Waals surface area contributed by atoms with E-state index in [1.54, 1.807) is 0 Å². The van der Waals surface area contributed by atoms with E-state index in [9.17, 15) is 4.79 Å². The Bertz CT molecular complexity index is 376. The summed E-state index contributed by atoms with van der Waals surface area (Å²) in [6.07, 6.45) is 1.75. The molecule has 1 aromatic rings. The monoisotopic (exact) mass is 222 g/mol. The zero-order valence-corrected chi connectivity index (χ0v) is 9.54. The van der Waals surface area contributed by atoms with E-state index in [4.69, 9.17) is 4.74 Å². The van der Waals surface area contributed by atoms with Crippen LogP contribution in [0.25, 0.3) is 0 Å². The topological polar surface area (TPSA) is 26.3 Å². The van der Waals surface area contributed by atoms with Gasteiger partial charge in [0.2, 0.25) is 0 Å². The fourth-order valence-corrected chi connectivity index (χ4v) is 2.50. The first kappa shape index (κ1) is 10.6. The van der Waals surface area contributed by atoms with Gasteiger partial charge in [0.15, 0.2) is 0 Å². The second-order valence-corrected chi connectivity index (χ2v) is 4.39. The molecule has 2 rings (SSSR count). The number of esters is 1. The summed E-state index contributed by atoms with van der Waals surface area (Å²) in [6.45, 7) is 1.45. The van der Waals surface area contributed by atoms with Gasteiger partial charge in [-0.25, -0.2) is 0 Å². The molecule has 0 aromatic heterocycles. The van der Waals surface area contributed by atoms with Crippen LogP contribution in [0.4, 0.5) is 0 Å². The molecule has 0 spiro atoms. The predicted molar refractivity (Wildman–Crippen MR) is 62.0 cm³/mol. The molecule has 0 radical (unpaired) electrons. The summed E-state index contributed by atoms with van der Waals surface area (Å²) in [5.74, 6) is -0.224. The van der Waals surface area contributed by atoms with Crippen molar-refractivity contribution in [3.63, 3.8) is 0 Å². The molecule has 0 fully saturated rings. The second kappa shape index (κ2) is 4.27. The van der Waals surface area contributed by atoms with Crippen molar-refractivity contribution in [2.45, 2.75) is 31.1 Å². The molecule has 0 bridgehead atoms. The van der Waals surface area contributed by atoms with Gasteiger partial charge < -0.3 is 4.74 Å². The molecule has 0 heterocycles. The lowest BCUT2D eigenvalue weighted by Gasteiger charge is -2.29. The molecule has 3 heteroatoms. The first-order valence-electron chi connectivity index (χ1n) is 5.11. The van der Waals surface area contributed by atoms with Crippen LogP contribution in [0.3, 0.4) is 0 Å². The maximum absolute atomic E-state index is 10.9. The molecule has 2 nitrogen and oxygen atoms in total. The van der Waals surface area contributed by atoms with E-state index in [1.807, 2.05) is 12.1 Å². The molecular weight excluding hydrogens is 208 g/mol. The van der Waals surface area contributed by atoms with E-state index in [0.717, 1.165) is 12.8 Å². The van der Waals surface area contributed by atoms with Gasteiger partial charge in [0.1, 0.15) is 6.10 Å². The number of fused-ring (bicyclic) bond motifs is 1. The van der Waals surface area contributed by atoms with Crippen molar-refractivity contribution in [1.82, 2.24) is 0 Å². The average Bonchev–Trinajstić information content (AvgIpc) is 2.22. The van der Waals surface area contributed by atoms with Gasteiger partial charge in [-0.05, 0) is 24.0 Å². The molecule has 0 amide bonds. The van der Waals surface area contributed by atoms with Crippen molar-refractivity contribution in [1.29, 1.82) is 0 Å². The van der Waals surface area contributed by atoms with Crippen LogP contribution >= 0.6 is 12.6 Å². The second-order valence-electron chi connectivity index (χ2n) is 3.83. The Kier molecular flexibility index (Phi) is 3.00. The molecule has 80 valence electrons. The van der Waals surface area contributed by atoms with Crippen molar-refractivity contribution < 1.29 is 9.53 Å². The Morgan fingerprint density at radius 2 is 2.20 bits per heavy atom. The Labute approximate surface area is 95.0 Å². The van der Waals surface area contributed by atoms with Crippen molar-refractivity contribution >= 4 is 18.6 Å². The van der Waals surface area contributed by atoms with Crippen molar-refractivity contribution in [2.24, 2.45) is 0 Å². The summed E-state index contributed by atoms with van der Waals surface area (Å²) in [6, 6.07) is 8.20. The van der Waals surface area contributed by atoms with E-state index in [2.05, 4.69) is 24.8 Å². The molecule has 0 saturated heterocycles. The van der Waals surface area contributed by atoms with Crippen LogP contribution < -0.4 is 0 Å². The number of ether oxygens (including phenoxy) is 1. The molecule has 1 aliphatic rings. The lowest BCUT2D eigenvalue weighted by Crippen LogP contribution is -2.26. The SMILES string of the molecule is CC(=O)O[C@H]1CCc2ccccc2[C@@H]1S. The van der Waals surface area contributed by atoms with Gasteiger partial charge in [0.25, 0.3) is 0 Å². The van der Waals surface area contributed by atoms with Gasteiger partial charge in [-0.2, -0.15) is 12.6 Å². The quantitative estimate of drug-likeness (QED) is 0.584. The molecule has 2 atom stereocenters. The fourth-order valence-electron chi connectivity index (χ4n) is 2.04. The third-order valence-corrected chi connectivity index (χ3v) is 3.35. The minimum Gasteiger partial charge on any atom is -0.461 e. The average molecular weight is 222 g/mol. The number of aryl methyl sites for hydroxylation is 1.